The first kappa shape index (κ1) is 9.25. The van der Waals surface area contributed by atoms with E-state index in [-0.39, 0.29) is 11.3 Å². The van der Waals surface area contributed by atoms with E-state index in [2.05, 4.69) is 10.2 Å². The summed E-state index contributed by atoms with van der Waals surface area (Å²) in [7, 11) is 0. The Hall–Kier alpha value is -2.31. The second-order valence-electron chi connectivity index (χ2n) is 2.96. The summed E-state index contributed by atoms with van der Waals surface area (Å²) in [6, 6.07) is 2.72. The van der Waals surface area contributed by atoms with Gasteiger partial charge < -0.3 is 5.11 Å². The molecule has 0 amide bonds. The molecule has 1 aliphatic rings. The number of nitro groups is 1. The van der Waals surface area contributed by atoms with E-state index >= 15 is 0 Å². The van der Waals surface area contributed by atoms with Gasteiger partial charge in [0.1, 0.15) is 0 Å². The zero-order valence-corrected chi connectivity index (χ0v) is 7.32. The molecule has 2 rings (SSSR count). The number of aliphatic carboxylic acids is 1. The number of nitro benzene ring substituents is 1. The van der Waals surface area contributed by atoms with Gasteiger partial charge in [-0.25, -0.2) is 4.79 Å². The second-order valence-corrected chi connectivity index (χ2v) is 2.96. The van der Waals surface area contributed by atoms with E-state index < -0.39 is 16.9 Å². The zero-order chi connectivity index (χ0) is 11.0. The van der Waals surface area contributed by atoms with Gasteiger partial charge >= 0.3 is 5.97 Å². The molecule has 15 heavy (non-hydrogen) atoms. The molecule has 0 aromatic heterocycles. The summed E-state index contributed by atoms with van der Waals surface area (Å²) in [5.74, 6) is -1.17. The summed E-state index contributed by atoms with van der Waals surface area (Å²) >= 11 is 0. The Kier molecular flexibility index (Phi) is 1.93. The van der Waals surface area contributed by atoms with Crippen LogP contribution in [0.25, 0.3) is 0 Å². The summed E-state index contributed by atoms with van der Waals surface area (Å²) in [6.45, 7) is 0. The molecule has 0 bridgehead atoms. The normalized spacial score (nSPS) is 17.5. The zero-order valence-electron chi connectivity index (χ0n) is 7.32. The van der Waals surface area contributed by atoms with Crippen LogP contribution in [-0.2, 0) is 4.79 Å². The van der Waals surface area contributed by atoms with Gasteiger partial charge in [0.2, 0.25) is 0 Å². The molecule has 1 aromatic carbocycles. The highest BCUT2D eigenvalue weighted by atomic mass is 16.6. The summed E-state index contributed by atoms with van der Waals surface area (Å²) in [5, 5.41) is 26.4. The molecule has 0 saturated carbocycles. The lowest BCUT2D eigenvalue weighted by molar-refractivity contribution is -0.384. The standard InChI is InChI=1S/C8H5N3O4/c12-8(13)7-5-3-4(11(14)15)1-2-6(5)9-10-7/h1-3,7H,(H,12,13). The molecule has 0 spiro atoms. The lowest BCUT2D eigenvalue weighted by Crippen LogP contribution is -2.06. The van der Waals surface area contributed by atoms with Crippen molar-refractivity contribution in [3.63, 3.8) is 0 Å². The molecule has 7 heteroatoms. The van der Waals surface area contributed by atoms with Crippen LogP contribution in [0.1, 0.15) is 11.6 Å². The van der Waals surface area contributed by atoms with Gasteiger partial charge in [0.15, 0.2) is 6.04 Å². The average Bonchev–Trinajstić information content (AvgIpc) is 2.59. The minimum Gasteiger partial charge on any atom is -0.479 e. The third-order valence-electron chi connectivity index (χ3n) is 2.03. The Labute approximate surface area is 83.2 Å². The van der Waals surface area contributed by atoms with E-state index in [1.54, 1.807) is 0 Å². The van der Waals surface area contributed by atoms with Crippen LogP contribution in [-0.4, -0.2) is 16.0 Å². The van der Waals surface area contributed by atoms with Crippen molar-refractivity contribution in [2.24, 2.45) is 10.2 Å². The van der Waals surface area contributed by atoms with Crippen molar-refractivity contribution in [1.82, 2.24) is 0 Å². The predicted octanol–water partition coefficient (Wildman–Crippen LogP) is 1.82. The van der Waals surface area contributed by atoms with Gasteiger partial charge in [0.05, 0.1) is 10.6 Å². The van der Waals surface area contributed by atoms with Gasteiger partial charge in [0, 0.05) is 17.7 Å². The lowest BCUT2D eigenvalue weighted by atomic mass is 10.1. The smallest absolute Gasteiger partial charge is 0.335 e. The first-order valence-corrected chi connectivity index (χ1v) is 4.01. The number of nitrogens with zero attached hydrogens (tertiary/aromatic N) is 3. The molecule has 1 aliphatic heterocycles. The van der Waals surface area contributed by atoms with Crippen LogP contribution in [0.15, 0.2) is 28.4 Å². The predicted molar refractivity (Wildman–Crippen MR) is 48.0 cm³/mol. The number of carbonyl (C=O) groups is 1. The van der Waals surface area contributed by atoms with E-state index in [1.807, 2.05) is 0 Å². The van der Waals surface area contributed by atoms with Gasteiger partial charge in [-0.2, -0.15) is 10.2 Å². The molecule has 1 heterocycles. The molecule has 1 atom stereocenters. The number of benzene rings is 1. The number of hydrogen-bond donors (Lipinski definition) is 1. The monoisotopic (exact) mass is 207 g/mol. The Morgan fingerprint density at radius 3 is 2.87 bits per heavy atom. The number of non-ortho nitro benzene ring substituents is 1. The first-order chi connectivity index (χ1) is 7.09. The molecule has 76 valence electrons. The highest BCUT2D eigenvalue weighted by Crippen LogP contribution is 2.37. The van der Waals surface area contributed by atoms with Gasteiger partial charge in [-0.15, -0.1) is 0 Å². The molecule has 0 saturated heterocycles. The van der Waals surface area contributed by atoms with E-state index in [0.29, 0.717) is 5.69 Å². The highest BCUT2D eigenvalue weighted by Gasteiger charge is 2.28. The van der Waals surface area contributed by atoms with E-state index in [0.717, 1.165) is 0 Å². The van der Waals surface area contributed by atoms with Crippen LogP contribution in [0.2, 0.25) is 0 Å². The average molecular weight is 207 g/mol. The fourth-order valence-corrected chi connectivity index (χ4v) is 1.33. The van der Waals surface area contributed by atoms with Crippen LogP contribution in [0.5, 0.6) is 0 Å². The van der Waals surface area contributed by atoms with Gasteiger partial charge in [-0.3, -0.25) is 10.1 Å². The maximum absolute atomic E-state index is 10.7. The van der Waals surface area contributed by atoms with Crippen molar-refractivity contribution >= 4 is 17.3 Å². The second kappa shape index (κ2) is 3.12. The third kappa shape index (κ3) is 1.43. The number of carboxylic acids is 1. The first-order valence-electron chi connectivity index (χ1n) is 4.01. The molecule has 1 aromatic rings. The van der Waals surface area contributed by atoms with E-state index in [1.165, 1.54) is 18.2 Å². The quantitative estimate of drug-likeness (QED) is 0.589. The third-order valence-corrected chi connectivity index (χ3v) is 2.03. The molecule has 0 aliphatic carbocycles. The largest absolute Gasteiger partial charge is 0.479 e. The summed E-state index contributed by atoms with van der Waals surface area (Å²) in [5.41, 5.74) is 0.469. The van der Waals surface area contributed by atoms with Crippen LogP contribution in [0.4, 0.5) is 11.4 Å². The number of azo groups is 1. The highest BCUT2D eigenvalue weighted by molar-refractivity contribution is 5.79. The van der Waals surface area contributed by atoms with Crippen molar-refractivity contribution in [1.29, 1.82) is 0 Å². The Morgan fingerprint density at radius 2 is 2.27 bits per heavy atom. The maximum Gasteiger partial charge on any atom is 0.335 e. The molecule has 0 fully saturated rings. The number of rotatable bonds is 2. The molecule has 1 unspecified atom stereocenters. The molecule has 1 N–H and O–H groups in total. The van der Waals surface area contributed by atoms with Crippen LogP contribution in [0, 0.1) is 10.1 Å². The van der Waals surface area contributed by atoms with Crippen LogP contribution < -0.4 is 0 Å². The topological polar surface area (TPSA) is 105 Å². The summed E-state index contributed by atoms with van der Waals surface area (Å²) in [6.07, 6.45) is 0. The minimum absolute atomic E-state index is 0.160. The van der Waals surface area contributed by atoms with Gasteiger partial charge in [-0.1, -0.05) is 0 Å². The van der Waals surface area contributed by atoms with Gasteiger partial charge in [-0.05, 0) is 6.07 Å². The van der Waals surface area contributed by atoms with E-state index in [9.17, 15) is 14.9 Å². The Morgan fingerprint density at radius 1 is 1.53 bits per heavy atom. The van der Waals surface area contributed by atoms with Crippen molar-refractivity contribution in [3.05, 3.63) is 33.9 Å². The van der Waals surface area contributed by atoms with Crippen molar-refractivity contribution in [3.8, 4) is 0 Å². The maximum atomic E-state index is 10.7. The number of fused-ring (bicyclic) bond motifs is 1. The SMILES string of the molecule is O=C(O)C1N=Nc2ccc([N+](=O)[O-])cc21. The molecule has 0 radical (unpaired) electrons. The number of hydrogen-bond acceptors (Lipinski definition) is 5. The molecular weight excluding hydrogens is 202 g/mol. The summed E-state index contributed by atoms with van der Waals surface area (Å²) < 4.78 is 0. The Balaban J connectivity index is 2.50. The van der Waals surface area contributed by atoms with Crippen molar-refractivity contribution < 1.29 is 14.8 Å². The molecule has 7 nitrogen and oxygen atoms in total. The number of carboxylic acid groups (broad SMARTS) is 1. The van der Waals surface area contributed by atoms with Crippen LogP contribution >= 0.6 is 0 Å². The van der Waals surface area contributed by atoms with E-state index in [4.69, 9.17) is 5.11 Å². The van der Waals surface area contributed by atoms with Crippen molar-refractivity contribution in [2.75, 3.05) is 0 Å². The fraction of sp³-hybridized carbons (Fsp3) is 0.125. The minimum atomic E-state index is -1.17. The Bertz CT molecular complexity index is 483. The summed E-state index contributed by atoms with van der Waals surface area (Å²) in [4.78, 5) is 20.6. The lowest BCUT2D eigenvalue weighted by Gasteiger charge is -2.01. The van der Waals surface area contributed by atoms with Crippen molar-refractivity contribution in [2.45, 2.75) is 6.04 Å². The van der Waals surface area contributed by atoms with Crippen LogP contribution in [0.3, 0.4) is 0 Å². The fourth-order valence-electron chi connectivity index (χ4n) is 1.33. The molecular formula is C8H5N3O4. The van der Waals surface area contributed by atoms with Gasteiger partial charge in [0.25, 0.3) is 5.69 Å².